The fraction of sp³-hybridized carbons (Fsp3) is 0.364. The van der Waals surface area contributed by atoms with Crippen molar-refractivity contribution in [2.45, 2.75) is 32.9 Å². The lowest BCUT2D eigenvalue weighted by Crippen LogP contribution is -2.56. The van der Waals surface area contributed by atoms with Gasteiger partial charge >= 0.3 is 0 Å². The maximum atomic E-state index is 6.43. The summed E-state index contributed by atoms with van der Waals surface area (Å²) in [7, 11) is 0. The molecule has 1 aromatic heterocycles. The lowest BCUT2D eigenvalue weighted by atomic mass is 10.1. The molecule has 0 amide bonds. The van der Waals surface area contributed by atoms with Gasteiger partial charge in [-0.3, -0.25) is 4.90 Å². The van der Waals surface area contributed by atoms with Gasteiger partial charge in [0.1, 0.15) is 5.82 Å². The van der Waals surface area contributed by atoms with E-state index in [0.29, 0.717) is 22.9 Å². The third kappa shape index (κ3) is 3.40. The van der Waals surface area contributed by atoms with Gasteiger partial charge in [-0.25, -0.2) is 9.97 Å². The number of fused-ring (bicyclic) bond motifs is 1. The minimum absolute atomic E-state index is 0.483. The van der Waals surface area contributed by atoms with Crippen molar-refractivity contribution >= 4 is 28.3 Å². The molecule has 0 radical (unpaired) electrons. The molecule has 0 bridgehead atoms. The number of hydrogen-bond donors (Lipinski definition) is 0. The SMILES string of the molecule is CCN1[C@H](C)CN(c2nc(-c3ccccc3Cl)nc3ccccc23)C[C@@H]1C. The van der Waals surface area contributed by atoms with Gasteiger partial charge in [0.15, 0.2) is 5.82 Å². The Morgan fingerprint density at radius 3 is 2.33 bits per heavy atom. The maximum absolute atomic E-state index is 6.43. The van der Waals surface area contributed by atoms with Crippen LogP contribution in [0.15, 0.2) is 48.5 Å². The first-order valence-electron chi connectivity index (χ1n) is 9.61. The highest BCUT2D eigenvalue weighted by atomic mass is 35.5. The molecule has 0 spiro atoms. The first kappa shape index (κ1) is 18.2. The van der Waals surface area contributed by atoms with Gasteiger partial charge in [-0.05, 0) is 44.7 Å². The van der Waals surface area contributed by atoms with E-state index in [4.69, 9.17) is 21.6 Å². The second-order valence-electron chi connectivity index (χ2n) is 7.30. The van der Waals surface area contributed by atoms with Crippen molar-refractivity contribution in [3.63, 3.8) is 0 Å². The molecule has 5 heteroatoms. The molecular weight excluding hydrogens is 356 g/mol. The van der Waals surface area contributed by atoms with Crippen molar-refractivity contribution in [2.24, 2.45) is 0 Å². The van der Waals surface area contributed by atoms with Crippen LogP contribution in [-0.4, -0.2) is 46.6 Å². The minimum atomic E-state index is 0.483. The molecule has 0 aliphatic carbocycles. The third-order valence-electron chi connectivity index (χ3n) is 5.46. The number of halogens is 1. The number of likely N-dealkylation sites (N-methyl/N-ethyl adjacent to an activating group) is 1. The van der Waals surface area contributed by atoms with E-state index in [1.54, 1.807) is 0 Å². The predicted molar refractivity (Wildman–Crippen MR) is 114 cm³/mol. The predicted octanol–water partition coefficient (Wildman–Crippen LogP) is 4.87. The Bertz CT molecular complexity index is 946. The van der Waals surface area contributed by atoms with E-state index in [1.807, 2.05) is 30.3 Å². The normalized spacial score (nSPS) is 21.0. The first-order valence-corrected chi connectivity index (χ1v) is 9.98. The average Bonchev–Trinajstić information content (AvgIpc) is 2.67. The van der Waals surface area contributed by atoms with Crippen LogP contribution in [0.5, 0.6) is 0 Å². The van der Waals surface area contributed by atoms with Crippen LogP contribution in [0.2, 0.25) is 5.02 Å². The standard InChI is InChI=1S/C22H25ClN4/c1-4-27-15(2)13-26(14-16(27)3)22-18-10-6-8-12-20(18)24-21(25-22)17-9-5-7-11-19(17)23/h5-12,15-16H,4,13-14H2,1-3H3/t15-,16+. The van der Waals surface area contributed by atoms with E-state index in [1.165, 1.54) is 0 Å². The lowest BCUT2D eigenvalue weighted by molar-refractivity contribution is 0.140. The van der Waals surface area contributed by atoms with Crippen molar-refractivity contribution in [3.8, 4) is 11.4 Å². The quantitative estimate of drug-likeness (QED) is 0.648. The van der Waals surface area contributed by atoms with Gasteiger partial charge in [-0.1, -0.05) is 42.8 Å². The van der Waals surface area contributed by atoms with Gasteiger partial charge in [0.05, 0.1) is 10.5 Å². The molecule has 0 unspecified atom stereocenters. The van der Waals surface area contributed by atoms with Gasteiger partial charge in [-0.2, -0.15) is 0 Å². The summed E-state index contributed by atoms with van der Waals surface area (Å²) in [5.41, 5.74) is 1.83. The van der Waals surface area contributed by atoms with Crippen LogP contribution in [0.1, 0.15) is 20.8 Å². The summed E-state index contributed by atoms with van der Waals surface area (Å²) in [6.07, 6.45) is 0. The molecule has 140 valence electrons. The summed E-state index contributed by atoms with van der Waals surface area (Å²) in [4.78, 5) is 14.7. The molecule has 4 nitrogen and oxygen atoms in total. The van der Waals surface area contributed by atoms with Crippen LogP contribution in [0.3, 0.4) is 0 Å². The van der Waals surface area contributed by atoms with Crippen molar-refractivity contribution in [2.75, 3.05) is 24.5 Å². The molecule has 2 atom stereocenters. The first-order chi connectivity index (χ1) is 13.1. The van der Waals surface area contributed by atoms with Gasteiger partial charge < -0.3 is 4.90 Å². The van der Waals surface area contributed by atoms with Crippen molar-refractivity contribution in [3.05, 3.63) is 53.6 Å². The monoisotopic (exact) mass is 380 g/mol. The Morgan fingerprint density at radius 1 is 0.963 bits per heavy atom. The van der Waals surface area contributed by atoms with Gasteiger partial charge in [-0.15, -0.1) is 0 Å². The molecule has 1 aliphatic rings. The highest BCUT2D eigenvalue weighted by Crippen LogP contribution is 2.32. The molecule has 1 fully saturated rings. The van der Waals surface area contributed by atoms with Gasteiger partial charge in [0, 0.05) is 36.1 Å². The summed E-state index contributed by atoms with van der Waals surface area (Å²) in [6.45, 7) is 9.82. The third-order valence-corrected chi connectivity index (χ3v) is 5.79. The molecule has 3 aromatic rings. The number of hydrogen-bond acceptors (Lipinski definition) is 4. The van der Waals surface area contributed by atoms with Crippen molar-refractivity contribution in [1.82, 2.24) is 14.9 Å². The molecule has 1 aliphatic heterocycles. The number of nitrogens with zero attached hydrogens (tertiary/aromatic N) is 4. The van der Waals surface area contributed by atoms with Crippen molar-refractivity contribution in [1.29, 1.82) is 0 Å². The van der Waals surface area contributed by atoms with E-state index < -0.39 is 0 Å². The number of rotatable bonds is 3. The van der Waals surface area contributed by atoms with E-state index in [0.717, 1.165) is 41.9 Å². The number of benzene rings is 2. The molecule has 0 saturated carbocycles. The van der Waals surface area contributed by atoms with Crippen LogP contribution in [0, 0.1) is 0 Å². The summed E-state index contributed by atoms with van der Waals surface area (Å²) in [5.74, 6) is 1.69. The zero-order valence-electron chi connectivity index (χ0n) is 16.1. The van der Waals surface area contributed by atoms with Crippen molar-refractivity contribution < 1.29 is 0 Å². The largest absolute Gasteiger partial charge is 0.353 e. The van der Waals surface area contributed by atoms with Crippen LogP contribution in [0.4, 0.5) is 5.82 Å². The molecule has 27 heavy (non-hydrogen) atoms. The highest BCUT2D eigenvalue weighted by molar-refractivity contribution is 6.33. The fourth-order valence-electron chi connectivity index (χ4n) is 4.22. The van der Waals surface area contributed by atoms with E-state index in [-0.39, 0.29) is 0 Å². The minimum Gasteiger partial charge on any atom is -0.353 e. The van der Waals surface area contributed by atoms with Gasteiger partial charge in [0.25, 0.3) is 0 Å². The fourth-order valence-corrected chi connectivity index (χ4v) is 4.44. The maximum Gasteiger partial charge on any atom is 0.163 e. The Morgan fingerprint density at radius 2 is 1.63 bits per heavy atom. The Kier molecular flexibility index (Phi) is 5.02. The summed E-state index contributed by atoms with van der Waals surface area (Å²) in [6, 6.07) is 17.0. The number of piperazine rings is 1. The second-order valence-corrected chi connectivity index (χ2v) is 7.71. The zero-order chi connectivity index (χ0) is 19.0. The molecule has 0 N–H and O–H groups in total. The summed E-state index contributed by atoms with van der Waals surface area (Å²) < 4.78 is 0. The summed E-state index contributed by atoms with van der Waals surface area (Å²) >= 11 is 6.43. The Hall–Kier alpha value is -2.17. The Labute approximate surface area is 165 Å². The molecule has 2 heterocycles. The van der Waals surface area contributed by atoms with Crippen LogP contribution in [0.25, 0.3) is 22.3 Å². The highest BCUT2D eigenvalue weighted by Gasteiger charge is 2.30. The number of aromatic nitrogens is 2. The van der Waals surface area contributed by atoms with E-state index in [2.05, 4.69) is 48.8 Å². The molecule has 4 rings (SSSR count). The number of para-hydroxylation sites is 1. The molecular formula is C22H25ClN4. The number of anilines is 1. The lowest BCUT2D eigenvalue weighted by Gasteiger charge is -2.44. The second kappa shape index (κ2) is 7.45. The van der Waals surface area contributed by atoms with Crippen LogP contribution in [-0.2, 0) is 0 Å². The van der Waals surface area contributed by atoms with E-state index >= 15 is 0 Å². The zero-order valence-corrected chi connectivity index (χ0v) is 16.8. The topological polar surface area (TPSA) is 32.3 Å². The summed E-state index contributed by atoms with van der Waals surface area (Å²) in [5, 5.41) is 1.77. The smallest absolute Gasteiger partial charge is 0.163 e. The van der Waals surface area contributed by atoms with Crippen LogP contribution < -0.4 is 4.90 Å². The van der Waals surface area contributed by atoms with Gasteiger partial charge in [0.2, 0.25) is 0 Å². The van der Waals surface area contributed by atoms with E-state index in [9.17, 15) is 0 Å². The Balaban J connectivity index is 1.84. The molecule has 1 saturated heterocycles. The molecule has 2 aromatic carbocycles. The average molecular weight is 381 g/mol. The van der Waals surface area contributed by atoms with Crippen LogP contribution >= 0.6 is 11.6 Å².